The molecule has 31 heavy (non-hydrogen) atoms. The summed E-state index contributed by atoms with van der Waals surface area (Å²) in [6.45, 7) is 10.9. The van der Waals surface area contributed by atoms with E-state index < -0.39 is 17.8 Å². The number of thioether (sulfide) groups is 1. The lowest BCUT2D eigenvalue weighted by atomic mass is 9.50. The van der Waals surface area contributed by atoms with Gasteiger partial charge in [0.2, 0.25) is 0 Å². The lowest BCUT2D eigenvalue weighted by Crippen LogP contribution is -2.52. The van der Waals surface area contributed by atoms with Crippen LogP contribution in [-0.4, -0.2) is 44.1 Å². The zero-order chi connectivity index (χ0) is 22.6. The van der Waals surface area contributed by atoms with E-state index in [2.05, 4.69) is 39.0 Å². The van der Waals surface area contributed by atoms with E-state index >= 15 is 0 Å². The summed E-state index contributed by atoms with van der Waals surface area (Å²) in [7, 11) is 0. The lowest BCUT2D eigenvalue weighted by Gasteiger charge is -2.56. The Morgan fingerprint density at radius 3 is 2.65 bits per heavy atom. The van der Waals surface area contributed by atoms with Gasteiger partial charge in [-0.2, -0.15) is 11.8 Å². The highest BCUT2D eigenvalue weighted by molar-refractivity contribution is 8.00. The summed E-state index contributed by atoms with van der Waals surface area (Å²) in [6, 6.07) is 0. The molecule has 0 saturated heterocycles. The van der Waals surface area contributed by atoms with Gasteiger partial charge in [0.25, 0.3) is 0 Å². The smallest absolute Gasteiger partial charge is 0.0661 e. The van der Waals surface area contributed by atoms with Crippen molar-refractivity contribution in [3.8, 4) is 0 Å². The highest BCUT2D eigenvalue weighted by atomic mass is 32.2. The Labute approximate surface area is 193 Å². The molecule has 0 aromatic carbocycles. The van der Waals surface area contributed by atoms with E-state index in [0.717, 1.165) is 31.4 Å². The highest BCUT2D eigenvalue weighted by Gasteiger charge is 2.57. The molecular weight excluding hydrogens is 404 g/mol. The number of allylic oxidation sites excluding steroid dienone is 4. The van der Waals surface area contributed by atoms with Crippen molar-refractivity contribution in [2.75, 3.05) is 5.75 Å². The summed E-state index contributed by atoms with van der Waals surface area (Å²) in [5, 5.41) is 31.7. The third kappa shape index (κ3) is 4.11. The second-order valence-corrected chi connectivity index (χ2v) is 13.1. The van der Waals surface area contributed by atoms with Gasteiger partial charge in [-0.3, -0.25) is 0 Å². The zero-order valence-corrected chi connectivity index (χ0v) is 20.8. The fraction of sp³-hybridized carbons (Fsp3) is 0.778. The predicted molar refractivity (Wildman–Crippen MR) is 130 cm³/mol. The monoisotopic (exact) mass is 446 g/mol. The van der Waals surface area contributed by atoms with Gasteiger partial charge < -0.3 is 15.3 Å². The van der Waals surface area contributed by atoms with Crippen LogP contribution in [0.3, 0.4) is 0 Å². The van der Waals surface area contributed by atoms with Gasteiger partial charge in [-0.15, -0.1) is 0 Å². The van der Waals surface area contributed by atoms with Crippen LogP contribution in [0.2, 0.25) is 0 Å². The van der Waals surface area contributed by atoms with Crippen LogP contribution in [-0.2, 0) is 0 Å². The molecule has 3 nitrogen and oxygen atoms in total. The van der Waals surface area contributed by atoms with Gasteiger partial charge in [-0.1, -0.05) is 48.8 Å². The Morgan fingerprint density at radius 2 is 1.94 bits per heavy atom. The van der Waals surface area contributed by atoms with Crippen LogP contribution in [0.4, 0.5) is 0 Å². The first kappa shape index (κ1) is 23.6. The standard InChI is InChI=1S/C27H42O3S/c1-17(31-14-6-12-25(2,3)30)21-9-10-22-20-8-7-18-15-19(28)16-24(29)27(18,5)23(20)11-13-26(21,22)4/h7-9,17,19,22-24,28-30H,6,10-16H2,1-5H3/t17?,19?,22-,23-,24?,26+,27-/m0/s1. The second kappa shape index (κ2) is 8.34. The average Bonchev–Trinajstić information content (AvgIpc) is 3.03. The number of fused-ring (bicyclic) bond motifs is 5. The van der Waals surface area contributed by atoms with Crippen molar-refractivity contribution in [1.29, 1.82) is 0 Å². The Hall–Kier alpha value is -0.550. The van der Waals surface area contributed by atoms with E-state index in [9.17, 15) is 15.3 Å². The van der Waals surface area contributed by atoms with E-state index in [0.29, 0.717) is 29.9 Å². The number of aliphatic hydroxyl groups excluding tert-OH is 2. The summed E-state index contributed by atoms with van der Waals surface area (Å²) in [4.78, 5) is 0. The molecule has 0 aromatic heterocycles. The molecule has 2 fully saturated rings. The molecule has 3 unspecified atom stereocenters. The zero-order valence-electron chi connectivity index (χ0n) is 20.0. The minimum Gasteiger partial charge on any atom is -0.393 e. The highest BCUT2D eigenvalue weighted by Crippen LogP contribution is 2.64. The topological polar surface area (TPSA) is 60.7 Å². The number of rotatable bonds is 6. The van der Waals surface area contributed by atoms with E-state index in [1.54, 1.807) is 11.1 Å². The molecule has 4 aliphatic rings. The van der Waals surface area contributed by atoms with Crippen molar-refractivity contribution in [3.05, 3.63) is 34.9 Å². The normalized spacial score (nSPS) is 40.8. The Morgan fingerprint density at radius 1 is 1.19 bits per heavy atom. The first-order chi connectivity index (χ1) is 14.5. The third-order valence-electron chi connectivity index (χ3n) is 9.03. The number of hydrogen-bond donors (Lipinski definition) is 3. The van der Waals surface area contributed by atoms with Crippen LogP contribution < -0.4 is 0 Å². The van der Waals surface area contributed by atoms with Crippen LogP contribution in [0.25, 0.3) is 0 Å². The SMILES string of the molecule is CC(SCCCC(C)(C)O)C1=CC[C@H]2C3=CC=C4CC(O)CC(O)[C@]4(C)[C@H]3CC[C@]12C. The molecule has 0 aromatic rings. The van der Waals surface area contributed by atoms with Gasteiger partial charge in [-0.25, -0.2) is 0 Å². The Bertz CT molecular complexity index is 791. The molecule has 0 aliphatic heterocycles. The maximum absolute atomic E-state index is 11.0. The van der Waals surface area contributed by atoms with E-state index in [4.69, 9.17) is 0 Å². The molecular formula is C27H42O3S. The molecule has 4 heteroatoms. The van der Waals surface area contributed by atoms with Crippen molar-refractivity contribution in [2.24, 2.45) is 22.7 Å². The van der Waals surface area contributed by atoms with E-state index in [1.807, 2.05) is 25.6 Å². The van der Waals surface area contributed by atoms with Crippen molar-refractivity contribution in [2.45, 2.75) is 103 Å². The lowest BCUT2D eigenvalue weighted by molar-refractivity contribution is -0.0489. The van der Waals surface area contributed by atoms with Crippen LogP contribution in [0.15, 0.2) is 34.9 Å². The molecule has 4 rings (SSSR count). The van der Waals surface area contributed by atoms with Crippen LogP contribution in [0, 0.1) is 22.7 Å². The first-order valence-corrected chi connectivity index (χ1v) is 13.3. The molecule has 2 saturated carbocycles. The van der Waals surface area contributed by atoms with Gasteiger partial charge >= 0.3 is 0 Å². The van der Waals surface area contributed by atoms with Crippen molar-refractivity contribution >= 4 is 11.8 Å². The number of hydrogen-bond acceptors (Lipinski definition) is 4. The van der Waals surface area contributed by atoms with Crippen molar-refractivity contribution < 1.29 is 15.3 Å². The van der Waals surface area contributed by atoms with E-state index in [-0.39, 0.29) is 10.8 Å². The third-order valence-corrected chi connectivity index (χ3v) is 10.3. The van der Waals surface area contributed by atoms with Gasteiger partial charge in [-0.05, 0) is 82.3 Å². The maximum Gasteiger partial charge on any atom is 0.0661 e. The summed E-state index contributed by atoms with van der Waals surface area (Å²) in [6.07, 6.45) is 12.8. The molecule has 0 bridgehead atoms. The maximum atomic E-state index is 11.0. The summed E-state index contributed by atoms with van der Waals surface area (Å²) >= 11 is 2.04. The van der Waals surface area contributed by atoms with Crippen LogP contribution >= 0.6 is 11.8 Å². The molecule has 174 valence electrons. The summed E-state index contributed by atoms with van der Waals surface area (Å²) in [5.74, 6) is 2.03. The van der Waals surface area contributed by atoms with Crippen molar-refractivity contribution in [3.63, 3.8) is 0 Å². The van der Waals surface area contributed by atoms with Gasteiger partial charge in [0.15, 0.2) is 0 Å². The minimum absolute atomic E-state index is 0.214. The van der Waals surface area contributed by atoms with Crippen LogP contribution in [0.1, 0.15) is 79.6 Å². The quantitative estimate of drug-likeness (QED) is 0.377. The molecule has 0 radical (unpaired) electrons. The molecule has 0 amide bonds. The average molecular weight is 447 g/mol. The van der Waals surface area contributed by atoms with E-state index in [1.165, 1.54) is 12.0 Å². The molecule has 7 atom stereocenters. The summed E-state index contributed by atoms with van der Waals surface area (Å²) < 4.78 is 0. The largest absolute Gasteiger partial charge is 0.393 e. The number of aliphatic hydroxyl groups is 3. The van der Waals surface area contributed by atoms with Gasteiger partial charge in [0, 0.05) is 17.1 Å². The van der Waals surface area contributed by atoms with Gasteiger partial charge in [0.05, 0.1) is 17.8 Å². The summed E-state index contributed by atoms with van der Waals surface area (Å²) in [5.41, 5.74) is 3.83. The van der Waals surface area contributed by atoms with Crippen LogP contribution in [0.5, 0.6) is 0 Å². The van der Waals surface area contributed by atoms with Crippen molar-refractivity contribution in [1.82, 2.24) is 0 Å². The fourth-order valence-electron chi connectivity index (χ4n) is 7.15. The Balaban J connectivity index is 1.49. The Kier molecular flexibility index (Phi) is 6.35. The van der Waals surface area contributed by atoms with Gasteiger partial charge in [0.1, 0.15) is 0 Å². The molecule has 4 aliphatic carbocycles. The molecule has 0 heterocycles. The second-order valence-electron chi connectivity index (χ2n) is 11.6. The molecule has 0 spiro atoms. The fourth-order valence-corrected chi connectivity index (χ4v) is 8.36. The predicted octanol–water partition coefficient (Wildman–Crippen LogP) is 5.41. The minimum atomic E-state index is -0.568. The molecule has 3 N–H and O–H groups in total. The first-order valence-electron chi connectivity index (χ1n) is 12.3.